The van der Waals surface area contributed by atoms with Crippen molar-refractivity contribution in [3.8, 4) is 0 Å². The van der Waals surface area contributed by atoms with Gasteiger partial charge in [-0.1, -0.05) is 23.9 Å². The van der Waals surface area contributed by atoms with Gasteiger partial charge in [-0.05, 0) is 38.0 Å². The molecular formula is C13H17FN2S. The highest BCUT2D eigenvalue weighted by Crippen LogP contribution is 2.21. The van der Waals surface area contributed by atoms with Gasteiger partial charge in [0.2, 0.25) is 0 Å². The Kier molecular flexibility index (Phi) is 3.72. The highest BCUT2D eigenvalue weighted by molar-refractivity contribution is 8.13. The molecule has 1 heterocycles. The molecule has 0 aliphatic carbocycles. The average Bonchev–Trinajstić information content (AvgIpc) is 2.25. The van der Waals surface area contributed by atoms with Gasteiger partial charge in [-0.3, -0.25) is 4.99 Å². The summed E-state index contributed by atoms with van der Waals surface area (Å²) in [7, 11) is 0. The number of benzene rings is 1. The van der Waals surface area contributed by atoms with Gasteiger partial charge in [0.25, 0.3) is 0 Å². The zero-order valence-corrected chi connectivity index (χ0v) is 11.0. The Morgan fingerprint density at radius 1 is 1.47 bits per heavy atom. The standard InChI is InChI=1S/C13H17FN2S/c1-13(2)6-7-17-12(16-13)15-9-10-4-3-5-11(14)8-10/h3-5,8H,6-7,9H2,1-2H3,(H,15,16). The number of rotatable bonds is 2. The van der Waals surface area contributed by atoms with Gasteiger partial charge in [-0.2, -0.15) is 0 Å². The molecule has 1 aliphatic rings. The van der Waals surface area contributed by atoms with Crippen LogP contribution in [0.4, 0.5) is 4.39 Å². The molecule has 0 saturated carbocycles. The van der Waals surface area contributed by atoms with Gasteiger partial charge in [0.15, 0.2) is 5.17 Å². The second-order valence-electron chi connectivity index (χ2n) is 4.86. The molecule has 92 valence electrons. The number of nitrogens with one attached hydrogen (secondary N) is 1. The molecule has 0 atom stereocenters. The number of amidine groups is 1. The number of halogens is 1. The van der Waals surface area contributed by atoms with Crippen LogP contribution in [0.2, 0.25) is 0 Å². The molecular weight excluding hydrogens is 235 g/mol. The van der Waals surface area contributed by atoms with Crippen LogP contribution in [0.1, 0.15) is 25.8 Å². The summed E-state index contributed by atoms with van der Waals surface area (Å²) in [5.41, 5.74) is 1.02. The number of hydrogen-bond donors (Lipinski definition) is 1. The predicted molar refractivity (Wildman–Crippen MR) is 71.8 cm³/mol. The van der Waals surface area contributed by atoms with Crippen molar-refractivity contribution in [2.75, 3.05) is 5.75 Å². The van der Waals surface area contributed by atoms with E-state index in [1.54, 1.807) is 17.8 Å². The van der Waals surface area contributed by atoms with Gasteiger partial charge in [0.1, 0.15) is 5.82 Å². The Labute approximate surface area is 106 Å². The van der Waals surface area contributed by atoms with E-state index in [2.05, 4.69) is 24.2 Å². The fourth-order valence-electron chi connectivity index (χ4n) is 1.67. The Balaban J connectivity index is 2.01. The summed E-state index contributed by atoms with van der Waals surface area (Å²) in [6, 6.07) is 6.60. The van der Waals surface area contributed by atoms with E-state index in [0.717, 1.165) is 22.9 Å². The van der Waals surface area contributed by atoms with Gasteiger partial charge < -0.3 is 5.32 Å². The van der Waals surface area contributed by atoms with E-state index >= 15 is 0 Å². The largest absolute Gasteiger partial charge is 0.360 e. The minimum absolute atomic E-state index is 0.117. The van der Waals surface area contributed by atoms with Crippen molar-refractivity contribution in [3.63, 3.8) is 0 Å². The summed E-state index contributed by atoms with van der Waals surface area (Å²) >= 11 is 1.73. The summed E-state index contributed by atoms with van der Waals surface area (Å²) in [5.74, 6) is 0.884. The third-order valence-corrected chi connectivity index (χ3v) is 3.62. The maximum absolute atomic E-state index is 13.0. The molecule has 17 heavy (non-hydrogen) atoms. The van der Waals surface area contributed by atoms with E-state index in [1.165, 1.54) is 12.1 Å². The minimum Gasteiger partial charge on any atom is -0.360 e. The van der Waals surface area contributed by atoms with E-state index in [9.17, 15) is 4.39 Å². The first-order valence-electron chi connectivity index (χ1n) is 5.75. The lowest BCUT2D eigenvalue weighted by molar-refractivity contribution is 0.446. The van der Waals surface area contributed by atoms with Crippen LogP contribution in [0.15, 0.2) is 29.3 Å². The van der Waals surface area contributed by atoms with Gasteiger partial charge in [0.05, 0.1) is 6.54 Å². The summed E-state index contributed by atoms with van der Waals surface area (Å²) in [5, 5.41) is 4.36. The SMILES string of the molecule is CC1(C)CCSC(=NCc2cccc(F)c2)N1. The fourth-order valence-corrected chi connectivity index (χ4v) is 2.98. The lowest BCUT2D eigenvalue weighted by Crippen LogP contribution is -2.46. The average molecular weight is 252 g/mol. The lowest BCUT2D eigenvalue weighted by Gasteiger charge is -2.32. The maximum atomic E-state index is 13.0. The number of thioether (sulfide) groups is 1. The van der Waals surface area contributed by atoms with Crippen molar-refractivity contribution in [1.29, 1.82) is 0 Å². The smallest absolute Gasteiger partial charge is 0.157 e. The first kappa shape index (κ1) is 12.4. The Morgan fingerprint density at radius 3 is 3.00 bits per heavy atom. The molecule has 1 aromatic carbocycles. The molecule has 0 bridgehead atoms. The molecule has 2 nitrogen and oxygen atoms in total. The second-order valence-corrected chi connectivity index (χ2v) is 5.94. The zero-order valence-electron chi connectivity index (χ0n) is 10.2. The second kappa shape index (κ2) is 5.08. The molecule has 0 radical (unpaired) electrons. The zero-order chi connectivity index (χ0) is 12.3. The predicted octanol–water partition coefficient (Wildman–Crippen LogP) is 3.19. The van der Waals surface area contributed by atoms with Crippen LogP contribution in [0, 0.1) is 5.82 Å². The van der Waals surface area contributed by atoms with Crippen molar-refractivity contribution in [3.05, 3.63) is 35.6 Å². The molecule has 2 rings (SSSR count). The van der Waals surface area contributed by atoms with Crippen molar-refractivity contribution in [2.24, 2.45) is 4.99 Å². The Bertz CT molecular complexity index is 429. The molecule has 1 saturated heterocycles. The number of hydrogen-bond acceptors (Lipinski definition) is 2. The van der Waals surface area contributed by atoms with Gasteiger partial charge in [0, 0.05) is 11.3 Å². The van der Waals surface area contributed by atoms with E-state index in [0.29, 0.717) is 6.54 Å². The molecule has 1 aromatic rings. The van der Waals surface area contributed by atoms with Gasteiger partial charge in [-0.15, -0.1) is 0 Å². The summed E-state index contributed by atoms with van der Waals surface area (Å²) < 4.78 is 13.0. The van der Waals surface area contributed by atoms with Crippen molar-refractivity contribution < 1.29 is 4.39 Å². The monoisotopic (exact) mass is 252 g/mol. The number of nitrogens with zero attached hydrogens (tertiary/aromatic N) is 1. The first-order valence-corrected chi connectivity index (χ1v) is 6.74. The lowest BCUT2D eigenvalue weighted by atomic mass is 10.0. The third-order valence-electron chi connectivity index (χ3n) is 2.71. The fraction of sp³-hybridized carbons (Fsp3) is 0.462. The Morgan fingerprint density at radius 2 is 2.29 bits per heavy atom. The van der Waals surface area contributed by atoms with Crippen LogP contribution in [0.25, 0.3) is 0 Å². The first-order chi connectivity index (χ1) is 8.05. The van der Waals surface area contributed by atoms with E-state index in [1.807, 2.05) is 6.07 Å². The minimum atomic E-state index is -0.202. The molecule has 0 unspecified atom stereocenters. The third kappa shape index (κ3) is 3.73. The highest BCUT2D eigenvalue weighted by Gasteiger charge is 2.23. The molecule has 0 aromatic heterocycles. The molecule has 0 amide bonds. The van der Waals surface area contributed by atoms with E-state index in [-0.39, 0.29) is 11.4 Å². The molecule has 4 heteroatoms. The van der Waals surface area contributed by atoms with Crippen LogP contribution in [-0.4, -0.2) is 16.5 Å². The quantitative estimate of drug-likeness (QED) is 0.874. The highest BCUT2D eigenvalue weighted by atomic mass is 32.2. The van der Waals surface area contributed by atoms with Gasteiger partial charge >= 0.3 is 0 Å². The molecule has 1 fully saturated rings. The van der Waals surface area contributed by atoms with E-state index < -0.39 is 0 Å². The topological polar surface area (TPSA) is 24.4 Å². The molecule has 1 N–H and O–H groups in total. The van der Waals surface area contributed by atoms with Crippen LogP contribution < -0.4 is 5.32 Å². The van der Waals surface area contributed by atoms with Crippen molar-refractivity contribution in [1.82, 2.24) is 5.32 Å². The molecule has 0 spiro atoms. The summed E-state index contributed by atoms with van der Waals surface area (Å²) in [6.45, 7) is 4.87. The summed E-state index contributed by atoms with van der Waals surface area (Å²) in [4.78, 5) is 4.49. The number of aliphatic imine (C=N–C) groups is 1. The molecule has 1 aliphatic heterocycles. The van der Waals surface area contributed by atoms with Crippen LogP contribution in [0.3, 0.4) is 0 Å². The van der Waals surface area contributed by atoms with Gasteiger partial charge in [-0.25, -0.2) is 4.39 Å². The normalized spacial score (nSPS) is 21.2. The maximum Gasteiger partial charge on any atom is 0.157 e. The van der Waals surface area contributed by atoms with Crippen molar-refractivity contribution in [2.45, 2.75) is 32.4 Å². The van der Waals surface area contributed by atoms with Crippen LogP contribution in [-0.2, 0) is 6.54 Å². The van der Waals surface area contributed by atoms with Crippen LogP contribution in [0.5, 0.6) is 0 Å². The van der Waals surface area contributed by atoms with Crippen molar-refractivity contribution >= 4 is 16.9 Å². The van der Waals surface area contributed by atoms with E-state index in [4.69, 9.17) is 0 Å². The Hall–Kier alpha value is -1.03. The van der Waals surface area contributed by atoms with Crippen LogP contribution >= 0.6 is 11.8 Å². The summed E-state index contributed by atoms with van der Waals surface area (Å²) in [6.07, 6.45) is 1.14.